The molecule has 0 bridgehead atoms. The summed E-state index contributed by atoms with van der Waals surface area (Å²) in [5.41, 5.74) is 6.65. The lowest BCUT2D eigenvalue weighted by Gasteiger charge is -2.31. The zero-order valence-corrected chi connectivity index (χ0v) is 10.2. The molecule has 3 nitrogen and oxygen atoms in total. The van der Waals surface area contributed by atoms with Gasteiger partial charge in [-0.05, 0) is 30.5 Å². The van der Waals surface area contributed by atoms with Crippen molar-refractivity contribution in [3.8, 4) is 0 Å². The molecule has 0 saturated carbocycles. The molecule has 1 saturated heterocycles. The molecule has 1 heterocycles. The number of benzene rings is 1. The minimum absolute atomic E-state index is 0.215. The van der Waals surface area contributed by atoms with Gasteiger partial charge in [0.15, 0.2) is 0 Å². The Bertz CT molecular complexity index is 376. The number of hydrogen-bond acceptors (Lipinski definition) is 3. The van der Waals surface area contributed by atoms with Crippen LogP contribution in [0.15, 0.2) is 18.2 Å². The summed E-state index contributed by atoms with van der Waals surface area (Å²) in [5, 5.41) is 0. The lowest BCUT2D eigenvalue weighted by atomic mass is 10.1. The van der Waals surface area contributed by atoms with Gasteiger partial charge in [-0.1, -0.05) is 6.07 Å². The summed E-state index contributed by atoms with van der Waals surface area (Å²) in [6.07, 6.45) is 2.48. The number of piperidine rings is 1. The summed E-state index contributed by atoms with van der Waals surface area (Å²) < 4.78 is 18.6. The van der Waals surface area contributed by atoms with Gasteiger partial charge < -0.3 is 10.5 Å². The Hall–Kier alpha value is -1.13. The Morgan fingerprint density at radius 3 is 2.71 bits per heavy atom. The molecule has 0 aliphatic carbocycles. The van der Waals surface area contributed by atoms with E-state index in [0.717, 1.165) is 38.0 Å². The number of hydrogen-bond donors (Lipinski definition) is 1. The first-order chi connectivity index (χ1) is 8.19. The number of nitrogens with zero attached hydrogens (tertiary/aromatic N) is 1. The van der Waals surface area contributed by atoms with Crippen LogP contribution in [0.1, 0.15) is 18.4 Å². The average molecular weight is 238 g/mol. The highest BCUT2D eigenvalue weighted by Crippen LogP contribution is 2.17. The molecular formula is C13H19FN2O. The molecular weight excluding hydrogens is 219 g/mol. The highest BCUT2D eigenvalue weighted by molar-refractivity contribution is 5.41. The second-order valence-electron chi connectivity index (χ2n) is 4.57. The first-order valence-electron chi connectivity index (χ1n) is 5.98. The van der Waals surface area contributed by atoms with Crippen molar-refractivity contribution in [1.82, 2.24) is 4.90 Å². The van der Waals surface area contributed by atoms with Crippen LogP contribution in [0.5, 0.6) is 0 Å². The topological polar surface area (TPSA) is 38.5 Å². The third kappa shape index (κ3) is 3.17. The summed E-state index contributed by atoms with van der Waals surface area (Å²) in [4.78, 5) is 2.32. The van der Waals surface area contributed by atoms with E-state index in [1.165, 1.54) is 6.07 Å². The molecule has 4 heteroatoms. The van der Waals surface area contributed by atoms with Gasteiger partial charge in [0.1, 0.15) is 5.82 Å². The second-order valence-corrected chi connectivity index (χ2v) is 4.57. The summed E-state index contributed by atoms with van der Waals surface area (Å²) >= 11 is 0. The van der Waals surface area contributed by atoms with Gasteiger partial charge in [0, 0.05) is 26.7 Å². The third-order valence-corrected chi connectivity index (χ3v) is 3.34. The summed E-state index contributed by atoms with van der Waals surface area (Å²) in [6.45, 7) is 2.79. The van der Waals surface area contributed by atoms with Gasteiger partial charge in [-0.3, -0.25) is 4.90 Å². The maximum atomic E-state index is 13.3. The van der Waals surface area contributed by atoms with Crippen LogP contribution in [-0.4, -0.2) is 31.2 Å². The predicted molar refractivity (Wildman–Crippen MR) is 66.1 cm³/mol. The Balaban J connectivity index is 1.91. The standard InChI is InChI=1S/C13H19FN2O/c1-17-11-4-6-16(7-5-11)9-10-2-3-13(15)12(14)8-10/h2-3,8,11H,4-7,9,15H2,1H3. The first-order valence-corrected chi connectivity index (χ1v) is 5.98. The number of nitrogens with two attached hydrogens (primary N) is 1. The molecule has 94 valence electrons. The van der Waals surface area contributed by atoms with Gasteiger partial charge in [-0.2, -0.15) is 0 Å². The number of rotatable bonds is 3. The smallest absolute Gasteiger partial charge is 0.146 e. The lowest BCUT2D eigenvalue weighted by molar-refractivity contribution is 0.0388. The molecule has 0 amide bonds. The highest BCUT2D eigenvalue weighted by Gasteiger charge is 2.18. The molecule has 1 aliphatic rings. The molecule has 0 unspecified atom stereocenters. The van der Waals surface area contributed by atoms with Crippen molar-refractivity contribution in [2.75, 3.05) is 25.9 Å². The monoisotopic (exact) mass is 238 g/mol. The van der Waals surface area contributed by atoms with E-state index in [4.69, 9.17) is 10.5 Å². The Labute approximate surface area is 101 Å². The number of nitrogen functional groups attached to an aromatic ring is 1. The van der Waals surface area contributed by atoms with Crippen molar-refractivity contribution < 1.29 is 9.13 Å². The molecule has 0 radical (unpaired) electrons. The number of anilines is 1. The van der Waals surface area contributed by atoms with Crippen molar-refractivity contribution in [2.24, 2.45) is 0 Å². The summed E-state index contributed by atoms with van der Waals surface area (Å²) in [6, 6.07) is 5.05. The summed E-state index contributed by atoms with van der Waals surface area (Å²) in [5.74, 6) is -0.325. The molecule has 0 spiro atoms. The molecule has 0 atom stereocenters. The van der Waals surface area contributed by atoms with Gasteiger partial charge in [0.2, 0.25) is 0 Å². The summed E-state index contributed by atoms with van der Waals surface area (Å²) in [7, 11) is 1.76. The SMILES string of the molecule is COC1CCN(Cc2ccc(N)c(F)c2)CC1. The largest absolute Gasteiger partial charge is 0.396 e. The predicted octanol–water partition coefficient (Wildman–Crippen LogP) is 2.02. The highest BCUT2D eigenvalue weighted by atomic mass is 19.1. The second kappa shape index (κ2) is 5.47. The minimum atomic E-state index is -0.325. The maximum absolute atomic E-state index is 13.3. The van der Waals surface area contributed by atoms with Gasteiger partial charge in [0.05, 0.1) is 11.8 Å². The fraction of sp³-hybridized carbons (Fsp3) is 0.538. The Morgan fingerprint density at radius 2 is 2.12 bits per heavy atom. The van der Waals surface area contributed by atoms with E-state index in [-0.39, 0.29) is 11.5 Å². The number of likely N-dealkylation sites (tertiary alicyclic amines) is 1. The number of methoxy groups -OCH3 is 1. The van der Waals surface area contributed by atoms with Gasteiger partial charge in [0.25, 0.3) is 0 Å². The van der Waals surface area contributed by atoms with Crippen molar-refractivity contribution >= 4 is 5.69 Å². The van der Waals surface area contributed by atoms with Crippen molar-refractivity contribution in [3.63, 3.8) is 0 Å². The van der Waals surface area contributed by atoms with Crippen LogP contribution in [0, 0.1) is 5.82 Å². The van der Waals surface area contributed by atoms with Crippen LogP contribution in [-0.2, 0) is 11.3 Å². The number of halogens is 1. The van der Waals surface area contributed by atoms with Gasteiger partial charge in [-0.15, -0.1) is 0 Å². The van der Waals surface area contributed by atoms with E-state index >= 15 is 0 Å². The Morgan fingerprint density at radius 1 is 1.41 bits per heavy atom. The molecule has 1 aromatic rings. The minimum Gasteiger partial charge on any atom is -0.396 e. The fourth-order valence-corrected chi connectivity index (χ4v) is 2.23. The van der Waals surface area contributed by atoms with Crippen LogP contribution >= 0.6 is 0 Å². The molecule has 17 heavy (non-hydrogen) atoms. The van der Waals surface area contributed by atoms with Crippen molar-refractivity contribution in [2.45, 2.75) is 25.5 Å². The van der Waals surface area contributed by atoms with E-state index in [2.05, 4.69) is 4.90 Å². The number of ether oxygens (including phenoxy) is 1. The van der Waals surface area contributed by atoms with Crippen LogP contribution < -0.4 is 5.73 Å². The maximum Gasteiger partial charge on any atom is 0.146 e. The van der Waals surface area contributed by atoms with Gasteiger partial charge in [-0.25, -0.2) is 4.39 Å². The normalized spacial score (nSPS) is 18.5. The third-order valence-electron chi connectivity index (χ3n) is 3.34. The van der Waals surface area contributed by atoms with Crippen LogP contribution in [0.2, 0.25) is 0 Å². The van der Waals surface area contributed by atoms with Crippen molar-refractivity contribution in [3.05, 3.63) is 29.6 Å². The Kier molecular flexibility index (Phi) is 3.97. The fourth-order valence-electron chi connectivity index (χ4n) is 2.23. The van der Waals surface area contributed by atoms with Gasteiger partial charge >= 0.3 is 0 Å². The molecule has 1 aliphatic heterocycles. The quantitative estimate of drug-likeness (QED) is 0.819. The van der Waals surface area contributed by atoms with Crippen LogP contribution in [0.25, 0.3) is 0 Å². The van der Waals surface area contributed by atoms with E-state index < -0.39 is 0 Å². The average Bonchev–Trinajstić information content (AvgIpc) is 2.35. The molecule has 2 N–H and O–H groups in total. The molecule has 1 fully saturated rings. The van der Waals surface area contributed by atoms with E-state index in [1.54, 1.807) is 13.2 Å². The molecule has 1 aromatic carbocycles. The van der Waals surface area contributed by atoms with Crippen LogP contribution in [0.4, 0.5) is 10.1 Å². The molecule has 2 rings (SSSR count). The van der Waals surface area contributed by atoms with Crippen LogP contribution in [0.3, 0.4) is 0 Å². The van der Waals surface area contributed by atoms with Crippen molar-refractivity contribution in [1.29, 1.82) is 0 Å². The molecule has 0 aromatic heterocycles. The van der Waals surface area contributed by atoms with E-state index in [9.17, 15) is 4.39 Å². The first kappa shape index (κ1) is 12.3. The lowest BCUT2D eigenvalue weighted by Crippen LogP contribution is -2.36. The zero-order chi connectivity index (χ0) is 12.3. The van der Waals surface area contributed by atoms with E-state index in [0.29, 0.717) is 6.10 Å². The van der Waals surface area contributed by atoms with E-state index in [1.807, 2.05) is 6.07 Å². The zero-order valence-electron chi connectivity index (χ0n) is 10.2.